The van der Waals surface area contributed by atoms with E-state index < -0.39 is 0 Å². The van der Waals surface area contributed by atoms with Gasteiger partial charge >= 0.3 is 0 Å². The Balaban J connectivity index is -0.000000410. The van der Waals surface area contributed by atoms with Gasteiger partial charge in [-0.1, -0.05) is 63.3 Å². The third-order valence-electron chi connectivity index (χ3n) is 3.34. The highest BCUT2D eigenvalue weighted by atomic mass is 14.7. The Kier molecular flexibility index (Phi) is 20.6. The lowest BCUT2D eigenvalue weighted by molar-refractivity contribution is 0.509. The quantitative estimate of drug-likeness (QED) is 0.263. The summed E-state index contributed by atoms with van der Waals surface area (Å²) in [4.78, 5) is 4.55. The number of rotatable bonds is 6. The Morgan fingerprint density at radius 2 is 1.50 bits per heavy atom. The van der Waals surface area contributed by atoms with E-state index in [0.717, 1.165) is 17.3 Å². The minimum absolute atomic E-state index is 0.949. The number of allylic oxidation sites excluding steroid dienone is 4. The molecule has 0 aromatic heterocycles. The highest BCUT2D eigenvalue weighted by Gasteiger charge is 2.02. The van der Waals surface area contributed by atoms with Crippen LogP contribution in [-0.4, -0.2) is 5.71 Å². The first-order valence-electron chi connectivity index (χ1n) is 9.20. The summed E-state index contributed by atoms with van der Waals surface area (Å²) in [7, 11) is 0. The molecule has 0 heterocycles. The molecule has 24 heavy (non-hydrogen) atoms. The average molecular weight is 334 g/mol. The molecule has 0 aliphatic heterocycles. The second-order valence-electron chi connectivity index (χ2n) is 6.67. The SMILES string of the molecule is C/C=C(\N=C(C)C)C(C=C(C)C)=C(C)C.C=C.CCCC(C)CC. The van der Waals surface area contributed by atoms with E-state index in [4.69, 9.17) is 0 Å². The minimum Gasteiger partial charge on any atom is -0.258 e. The van der Waals surface area contributed by atoms with Crippen molar-refractivity contribution in [1.82, 2.24) is 0 Å². The van der Waals surface area contributed by atoms with Gasteiger partial charge in [-0.15, -0.1) is 13.2 Å². The molecule has 0 spiro atoms. The van der Waals surface area contributed by atoms with E-state index in [0.29, 0.717) is 0 Å². The molecule has 0 radical (unpaired) electrons. The van der Waals surface area contributed by atoms with Gasteiger partial charge in [0.2, 0.25) is 0 Å². The van der Waals surface area contributed by atoms with Crippen molar-refractivity contribution >= 4 is 5.71 Å². The van der Waals surface area contributed by atoms with Crippen molar-refractivity contribution in [2.75, 3.05) is 0 Å². The van der Waals surface area contributed by atoms with Crippen LogP contribution in [0, 0.1) is 5.92 Å². The topological polar surface area (TPSA) is 12.4 Å². The van der Waals surface area contributed by atoms with Crippen LogP contribution in [0.4, 0.5) is 0 Å². The van der Waals surface area contributed by atoms with Crippen LogP contribution in [0.2, 0.25) is 0 Å². The maximum absolute atomic E-state index is 4.55. The highest BCUT2D eigenvalue weighted by Crippen LogP contribution is 2.19. The largest absolute Gasteiger partial charge is 0.258 e. The van der Waals surface area contributed by atoms with Gasteiger partial charge in [0.05, 0.1) is 5.70 Å². The molecule has 0 N–H and O–H groups in total. The van der Waals surface area contributed by atoms with Gasteiger partial charge in [-0.05, 0) is 60.0 Å². The zero-order valence-electron chi connectivity index (χ0n) is 18.2. The molecule has 0 saturated carbocycles. The van der Waals surface area contributed by atoms with Crippen LogP contribution in [-0.2, 0) is 0 Å². The molecule has 1 atom stereocenters. The molecule has 0 aromatic rings. The summed E-state index contributed by atoms with van der Waals surface area (Å²) in [6.45, 7) is 27.3. The molecule has 0 aromatic carbocycles. The number of aliphatic imine (C=N–C) groups is 1. The fraction of sp³-hybridized carbons (Fsp3) is 0.609. The summed E-state index contributed by atoms with van der Waals surface area (Å²) in [6.07, 6.45) is 8.34. The van der Waals surface area contributed by atoms with E-state index in [1.165, 1.54) is 36.0 Å². The first kappa shape index (κ1) is 27.5. The molecule has 140 valence electrons. The predicted octanol–water partition coefficient (Wildman–Crippen LogP) is 8.31. The van der Waals surface area contributed by atoms with E-state index in [1.807, 2.05) is 20.8 Å². The highest BCUT2D eigenvalue weighted by molar-refractivity contribution is 5.80. The van der Waals surface area contributed by atoms with Gasteiger partial charge < -0.3 is 0 Å². The molecule has 1 nitrogen and oxygen atoms in total. The lowest BCUT2D eigenvalue weighted by Crippen LogP contribution is -1.91. The van der Waals surface area contributed by atoms with Crippen LogP contribution in [0.25, 0.3) is 0 Å². The van der Waals surface area contributed by atoms with Gasteiger partial charge in [0.25, 0.3) is 0 Å². The van der Waals surface area contributed by atoms with Gasteiger partial charge in [0.1, 0.15) is 0 Å². The maximum atomic E-state index is 4.55. The summed E-state index contributed by atoms with van der Waals surface area (Å²) in [5.74, 6) is 0.949. The van der Waals surface area contributed by atoms with Gasteiger partial charge in [-0.3, -0.25) is 4.99 Å². The van der Waals surface area contributed by atoms with Crippen molar-refractivity contribution < 1.29 is 0 Å². The summed E-state index contributed by atoms with van der Waals surface area (Å²) in [6, 6.07) is 0. The third-order valence-corrected chi connectivity index (χ3v) is 3.34. The molecule has 1 heteroatoms. The second-order valence-corrected chi connectivity index (χ2v) is 6.67. The average Bonchev–Trinajstić information content (AvgIpc) is 2.52. The lowest BCUT2D eigenvalue weighted by atomic mass is 10.0. The molecule has 0 fully saturated rings. The third kappa shape index (κ3) is 17.0. The minimum atomic E-state index is 0.949. The monoisotopic (exact) mass is 333 g/mol. The number of hydrogen-bond acceptors (Lipinski definition) is 1. The predicted molar refractivity (Wildman–Crippen MR) is 116 cm³/mol. The first-order chi connectivity index (χ1) is 11.2. The van der Waals surface area contributed by atoms with Crippen LogP contribution < -0.4 is 0 Å². The Hall–Kier alpha value is -1.37. The Morgan fingerprint density at radius 3 is 1.71 bits per heavy atom. The fourth-order valence-electron chi connectivity index (χ4n) is 1.98. The molecule has 0 rings (SSSR count). The van der Waals surface area contributed by atoms with E-state index in [-0.39, 0.29) is 0 Å². The van der Waals surface area contributed by atoms with E-state index in [2.05, 4.69) is 78.8 Å². The summed E-state index contributed by atoms with van der Waals surface area (Å²) < 4.78 is 0. The van der Waals surface area contributed by atoms with Crippen LogP contribution in [0.15, 0.2) is 52.7 Å². The molecule has 0 saturated heterocycles. The molecular formula is C23H43N. The van der Waals surface area contributed by atoms with Crippen LogP contribution >= 0.6 is 0 Å². The van der Waals surface area contributed by atoms with Gasteiger partial charge in [0, 0.05) is 5.71 Å². The van der Waals surface area contributed by atoms with E-state index in [1.54, 1.807) is 0 Å². The van der Waals surface area contributed by atoms with E-state index >= 15 is 0 Å². The first-order valence-corrected chi connectivity index (χ1v) is 9.20. The Bertz CT molecular complexity index is 421. The van der Waals surface area contributed by atoms with Crippen molar-refractivity contribution in [2.45, 2.75) is 88.5 Å². The van der Waals surface area contributed by atoms with Crippen molar-refractivity contribution in [3.63, 3.8) is 0 Å². The van der Waals surface area contributed by atoms with Crippen LogP contribution in [0.5, 0.6) is 0 Å². The standard InChI is InChI=1S/C14H23N.C7H16.C2H4/c1-8-14(15-12(6)7)13(11(4)5)9-10(2)3;1-4-6-7(3)5-2;1-2/h8-9H,1-7H3;7H,4-6H2,1-3H3;1-2H2/b14-8-;;. The molecule has 1 unspecified atom stereocenters. The van der Waals surface area contributed by atoms with E-state index in [9.17, 15) is 0 Å². The van der Waals surface area contributed by atoms with Crippen molar-refractivity contribution in [3.05, 3.63) is 47.7 Å². The molecule has 0 aliphatic carbocycles. The van der Waals surface area contributed by atoms with Gasteiger partial charge in [-0.2, -0.15) is 0 Å². The molecule has 0 aliphatic rings. The number of nitrogens with zero attached hydrogens (tertiary/aromatic N) is 1. The lowest BCUT2D eigenvalue weighted by Gasteiger charge is -2.07. The second kappa shape index (κ2) is 18.0. The fourth-order valence-corrected chi connectivity index (χ4v) is 1.98. The Labute approximate surface area is 153 Å². The molecule has 0 bridgehead atoms. The van der Waals surface area contributed by atoms with Crippen LogP contribution in [0.3, 0.4) is 0 Å². The van der Waals surface area contributed by atoms with Crippen molar-refractivity contribution in [3.8, 4) is 0 Å². The summed E-state index contributed by atoms with van der Waals surface area (Å²) in [5, 5.41) is 0. The van der Waals surface area contributed by atoms with Gasteiger partial charge in [0.15, 0.2) is 0 Å². The number of hydrogen-bond donors (Lipinski definition) is 0. The zero-order valence-corrected chi connectivity index (χ0v) is 18.2. The van der Waals surface area contributed by atoms with Crippen LogP contribution in [0.1, 0.15) is 88.5 Å². The maximum Gasteiger partial charge on any atom is 0.0657 e. The smallest absolute Gasteiger partial charge is 0.0657 e. The molecule has 0 amide bonds. The van der Waals surface area contributed by atoms with Crippen molar-refractivity contribution in [2.24, 2.45) is 10.9 Å². The Morgan fingerprint density at radius 1 is 1.00 bits per heavy atom. The molecular weight excluding hydrogens is 290 g/mol. The summed E-state index contributed by atoms with van der Waals surface area (Å²) >= 11 is 0. The normalized spacial score (nSPS) is 11.0. The zero-order chi connectivity index (χ0) is 19.7. The van der Waals surface area contributed by atoms with Crippen molar-refractivity contribution in [1.29, 1.82) is 0 Å². The summed E-state index contributed by atoms with van der Waals surface area (Å²) in [5.41, 5.74) is 5.99. The van der Waals surface area contributed by atoms with Gasteiger partial charge in [-0.25, -0.2) is 0 Å².